The Balaban J connectivity index is 2.21. The molecule has 2 aromatic rings. The van der Waals surface area contributed by atoms with Crippen molar-refractivity contribution in [3.05, 3.63) is 60.2 Å². The van der Waals surface area contributed by atoms with E-state index < -0.39 is 12.2 Å². The Morgan fingerprint density at radius 2 is 1.74 bits per heavy atom. The number of carbonyl (C=O) groups is 2. The van der Waals surface area contributed by atoms with Gasteiger partial charge in [0.2, 0.25) is 0 Å². The maximum Gasteiger partial charge on any atom is 0.439 e. The Kier molecular flexibility index (Phi) is 5.54. The summed E-state index contributed by atoms with van der Waals surface area (Å²) in [6, 6.07) is 15.3. The fraction of sp³-hybridized carbons (Fsp3) is 0.125. The van der Waals surface area contributed by atoms with Crippen LogP contribution < -0.4 is 20.9 Å². The second-order valence-corrected chi connectivity index (χ2v) is 4.49. The first-order valence-electron chi connectivity index (χ1n) is 6.84. The lowest BCUT2D eigenvalue weighted by Gasteiger charge is -2.22. The second kappa shape index (κ2) is 7.81. The molecule has 0 fully saturated rings. The number of nitrogens with zero attached hydrogens (tertiary/aromatic N) is 1. The molecule has 7 nitrogen and oxygen atoms in total. The molecule has 0 aromatic heterocycles. The van der Waals surface area contributed by atoms with Gasteiger partial charge in [-0.3, -0.25) is 0 Å². The van der Waals surface area contributed by atoms with Crippen LogP contribution in [0.15, 0.2) is 54.6 Å². The first-order valence-corrected chi connectivity index (χ1v) is 6.84. The molecule has 0 aliphatic heterocycles. The number of hydrogen-bond donors (Lipinski definition) is 2. The number of hydrogen-bond acceptors (Lipinski definition) is 5. The molecule has 0 bridgehead atoms. The molecule has 0 saturated carbocycles. The van der Waals surface area contributed by atoms with E-state index >= 15 is 0 Å². The van der Waals surface area contributed by atoms with Crippen LogP contribution in [0.5, 0.6) is 5.75 Å². The van der Waals surface area contributed by atoms with Crippen LogP contribution in [0.1, 0.15) is 5.56 Å². The summed E-state index contributed by atoms with van der Waals surface area (Å²) in [6.45, 7) is 0.374. The van der Waals surface area contributed by atoms with Gasteiger partial charge in [0.15, 0.2) is 0 Å². The molecule has 0 spiro atoms. The zero-order valence-electron chi connectivity index (χ0n) is 12.6. The zero-order chi connectivity index (χ0) is 16.7. The molecule has 0 heterocycles. The Morgan fingerprint density at radius 1 is 1.09 bits per heavy atom. The molecule has 2 amide bonds. The van der Waals surface area contributed by atoms with E-state index in [2.05, 4.69) is 10.2 Å². The van der Waals surface area contributed by atoms with Crippen molar-refractivity contribution in [1.29, 1.82) is 0 Å². The predicted molar refractivity (Wildman–Crippen MR) is 84.8 cm³/mol. The minimum absolute atomic E-state index is 0.354. The highest BCUT2D eigenvalue weighted by Gasteiger charge is 2.21. The van der Waals surface area contributed by atoms with Gasteiger partial charge in [0.1, 0.15) is 5.75 Å². The van der Waals surface area contributed by atoms with E-state index in [4.69, 9.17) is 10.5 Å². The van der Waals surface area contributed by atoms with Crippen LogP contribution in [0.3, 0.4) is 0 Å². The number of para-hydroxylation sites is 1. The van der Waals surface area contributed by atoms with E-state index in [1.807, 2.05) is 0 Å². The van der Waals surface area contributed by atoms with E-state index in [1.54, 1.807) is 54.6 Å². The summed E-state index contributed by atoms with van der Waals surface area (Å²) in [5.74, 6) is 0.354. The SMILES string of the molecule is COC(=O)NN(C(=O)Oc1ccccc1)c1ccc(CN)cc1. The first-order chi connectivity index (χ1) is 11.1. The van der Waals surface area contributed by atoms with E-state index in [9.17, 15) is 9.59 Å². The molecular formula is C16H17N3O4. The van der Waals surface area contributed by atoms with Gasteiger partial charge in [-0.1, -0.05) is 30.3 Å². The highest BCUT2D eigenvalue weighted by molar-refractivity contribution is 5.91. The third kappa shape index (κ3) is 4.45. The normalized spacial score (nSPS) is 9.83. The van der Waals surface area contributed by atoms with Gasteiger partial charge in [0.25, 0.3) is 0 Å². The molecule has 2 rings (SSSR count). The molecule has 7 heteroatoms. The van der Waals surface area contributed by atoms with Gasteiger partial charge in [0.05, 0.1) is 12.8 Å². The minimum atomic E-state index is -0.794. The summed E-state index contributed by atoms with van der Waals surface area (Å²) in [6.07, 6.45) is -1.57. The molecule has 0 unspecified atom stereocenters. The van der Waals surface area contributed by atoms with E-state index in [-0.39, 0.29) is 0 Å². The smallest absolute Gasteiger partial charge is 0.439 e. The van der Waals surface area contributed by atoms with Crippen molar-refractivity contribution in [3.8, 4) is 5.75 Å². The van der Waals surface area contributed by atoms with Gasteiger partial charge in [-0.05, 0) is 29.8 Å². The summed E-state index contributed by atoms with van der Waals surface area (Å²) >= 11 is 0. The highest BCUT2D eigenvalue weighted by Crippen LogP contribution is 2.17. The van der Waals surface area contributed by atoms with Gasteiger partial charge in [-0.25, -0.2) is 15.0 Å². The second-order valence-electron chi connectivity index (χ2n) is 4.49. The largest absolute Gasteiger partial charge is 0.452 e. The summed E-state index contributed by atoms with van der Waals surface area (Å²) in [5, 5.41) is 0.957. The van der Waals surface area contributed by atoms with Gasteiger partial charge in [-0.15, -0.1) is 0 Å². The highest BCUT2D eigenvalue weighted by atomic mass is 16.6. The maximum absolute atomic E-state index is 12.3. The number of carbonyl (C=O) groups excluding carboxylic acids is 2. The van der Waals surface area contributed by atoms with Crippen molar-refractivity contribution in [2.24, 2.45) is 5.73 Å². The summed E-state index contributed by atoms with van der Waals surface area (Å²) in [7, 11) is 1.20. The molecule has 3 N–H and O–H groups in total. The molecule has 0 saturated heterocycles. The van der Waals surface area contributed by atoms with Crippen LogP contribution >= 0.6 is 0 Å². The third-order valence-electron chi connectivity index (χ3n) is 2.95. The summed E-state index contributed by atoms with van der Waals surface area (Å²) in [5.41, 5.74) is 9.15. The van der Waals surface area contributed by atoms with Crippen molar-refractivity contribution in [2.45, 2.75) is 6.54 Å². The molecular weight excluding hydrogens is 298 g/mol. The average molecular weight is 315 g/mol. The lowest BCUT2D eigenvalue weighted by atomic mass is 10.2. The van der Waals surface area contributed by atoms with Gasteiger partial charge in [0, 0.05) is 6.54 Å². The van der Waals surface area contributed by atoms with Crippen molar-refractivity contribution in [2.75, 3.05) is 12.1 Å². The number of anilines is 1. The fourth-order valence-electron chi connectivity index (χ4n) is 1.77. The molecule has 120 valence electrons. The van der Waals surface area contributed by atoms with Gasteiger partial charge >= 0.3 is 12.2 Å². The fourth-order valence-corrected chi connectivity index (χ4v) is 1.77. The number of amides is 2. The molecule has 0 atom stereocenters. The number of ether oxygens (including phenoxy) is 2. The number of nitrogens with two attached hydrogens (primary N) is 1. The predicted octanol–water partition coefficient (Wildman–Crippen LogP) is 2.42. The minimum Gasteiger partial charge on any atom is -0.452 e. The summed E-state index contributed by atoms with van der Waals surface area (Å²) < 4.78 is 9.75. The molecule has 23 heavy (non-hydrogen) atoms. The molecule has 2 aromatic carbocycles. The van der Waals surface area contributed by atoms with Gasteiger partial charge in [-0.2, -0.15) is 5.01 Å². The maximum atomic E-state index is 12.3. The number of nitrogens with one attached hydrogen (secondary N) is 1. The van der Waals surface area contributed by atoms with Crippen LogP contribution in [0.2, 0.25) is 0 Å². The quantitative estimate of drug-likeness (QED) is 0.848. The first kappa shape index (κ1) is 16.3. The number of rotatable bonds is 3. The summed E-state index contributed by atoms with van der Waals surface area (Å²) in [4.78, 5) is 23.8. The van der Waals surface area contributed by atoms with Crippen molar-refractivity contribution in [1.82, 2.24) is 5.43 Å². The van der Waals surface area contributed by atoms with Crippen LogP contribution in [-0.2, 0) is 11.3 Å². The van der Waals surface area contributed by atoms with Crippen molar-refractivity contribution < 1.29 is 19.1 Å². The Bertz CT molecular complexity index is 659. The zero-order valence-corrected chi connectivity index (χ0v) is 12.6. The van der Waals surface area contributed by atoms with Crippen LogP contribution in [-0.4, -0.2) is 19.3 Å². The number of benzene rings is 2. The van der Waals surface area contributed by atoms with Crippen molar-refractivity contribution in [3.63, 3.8) is 0 Å². The van der Waals surface area contributed by atoms with Crippen LogP contribution in [0, 0.1) is 0 Å². The average Bonchev–Trinajstić information content (AvgIpc) is 2.60. The van der Waals surface area contributed by atoms with Crippen LogP contribution in [0.4, 0.5) is 15.3 Å². The van der Waals surface area contributed by atoms with E-state index in [0.717, 1.165) is 10.6 Å². The van der Waals surface area contributed by atoms with Crippen LogP contribution in [0.25, 0.3) is 0 Å². The number of methoxy groups -OCH3 is 1. The Morgan fingerprint density at radius 3 is 2.30 bits per heavy atom. The lowest BCUT2D eigenvalue weighted by Crippen LogP contribution is -2.47. The monoisotopic (exact) mass is 315 g/mol. The molecule has 0 aliphatic carbocycles. The van der Waals surface area contributed by atoms with Crippen molar-refractivity contribution >= 4 is 17.9 Å². The third-order valence-corrected chi connectivity index (χ3v) is 2.95. The Hall–Kier alpha value is -3.06. The Labute approximate surface area is 133 Å². The molecule has 0 radical (unpaired) electrons. The van der Waals surface area contributed by atoms with E-state index in [0.29, 0.717) is 18.0 Å². The van der Waals surface area contributed by atoms with Gasteiger partial charge < -0.3 is 15.2 Å². The standard InChI is InChI=1S/C16H17N3O4/c1-22-15(20)18-19(13-9-7-12(11-17)8-10-13)16(21)23-14-5-3-2-4-6-14/h2-10H,11,17H2,1H3,(H,18,20). The number of hydrazine groups is 1. The lowest BCUT2D eigenvalue weighted by molar-refractivity contribution is 0.165. The van der Waals surface area contributed by atoms with E-state index in [1.165, 1.54) is 7.11 Å². The topological polar surface area (TPSA) is 93.9 Å². The molecule has 0 aliphatic rings.